The SMILES string of the molecule is O=NOOOOOOOOOOO. The lowest BCUT2D eigenvalue weighted by Crippen LogP contribution is -2.01. The van der Waals surface area contributed by atoms with Crippen LogP contribution in [0.5, 0.6) is 0 Å². The van der Waals surface area contributed by atoms with Gasteiger partial charge in [0.15, 0.2) is 5.34 Å². The average Bonchev–Trinajstić information content (AvgIpc) is 2.16. The van der Waals surface area contributed by atoms with Crippen LogP contribution in [0.2, 0.25) is 0 Å². The Hall–Kier alpha value is -1.00. The van der Waals surface area contributed by atoms with Gasteiger partial charge < -0.3 is 0 Å². The zero-order valence-corrected chi connectivity index (χ0v) is 5.39. The molecule has 0 aromatic heterocycles. The van der Waals surface area contributed by atoms with Crippen LogP contribution in [-0.2, 0) is 50.3 Å². The molecule has 0 rings (SSSR count). The van der Waals surface area contributed by atoms with Crippen LogP contribution in [0, 0.1) is 4.91 Å². The first-order chi connectivity index (χ1) is 6.41. The normalized spacial score (nSPS) is 9.92. The fourth-order valence-electron chi connectivity index (χ4n) is 0.105. The van der Waals surface area contributed by atoms with Crippen LogP contribution in [0.15, 0.2) is 5.34 Å². The third-order valence-electron chi connectivity index (χ3n) is 0.286. The van der Waals surface area contributed by atoms with Gasteiger partial charge >= 0.3 is 0 Å². The summed E-state index contributed by atoms with van der Waals surface area (Å²) in [6.45, 7) is 0. The third kappa shape index (κ3) is 11.0. The van der Waals surface area contributed by atoms with E-state index in [0.717, 1.165) is 0 Å². The lowest BCUT2D eigenvalue weighted by Gasteiger charge is -1.95. The minimum Gasteiger partial charge on any atom is -0.219 e. The standard InChI is InChI=1S/HNO12/c2-1-4-6-8-10-12-13-11-9-7-5-3/h3H. The Balaban J connectivity index is 2.79. The molecule has 0 radical (unpaired) electrons. The number of rotatable bonds is 10. The summed E-state index contributed by atoms with van der Waals surface area (Å²) >= 11 is 0. The second-order valence-corrected chi connectivity index (χ2v) is 0.768. The minimum atomic E-state index is 1.70. The fourth-order valence-corrected chi connectivity index (χ4v) is 0.105. The summed E-state index contributed by atoms with van der Waals surface area (Å²) in [5, 5.41) is 38.7. The molecule has 13 heavy (non-hydrogen) atoms. The van der Waals surface area contributed by atoms with Crippen molar-refractivity contribution >= 4 is 0 Å². The smallest absolute Gasteiger partial charge is 0.193 e. The van der Waals surface area contributed by atoms with Gasteiger partial charge in [-0.05, 0) is 20.2 Å². The van der Waals surface area contributed by atoms with E-state index < -0.39 is 0 Å². The molecule has 78 valence electrons. The van der Waals surface area contributed by atoms with E-state index in [1.807, 2.05) is 0 Å². The summed E-state index contributed by atoms with van der Waals surface area (Å²) in [5.74, 6) is 0. The first-order valence-corrected chi connectivity index (χ1v) is 2.05. The highest BCUT2D eigenvalue weighted by molar-refractivity contribution is 3.86. The van der Waals surface area contributed by atoms with E-state index in [0.29, 0.717) is 0 Å². The summed E-state index contributed by atoms with van der Waals surface area (Å²) in [6.07, 6.45) is 0. The summed E-state index contributed by atoms with van der Waals surface area (Å²) in [7, 11) is 0. The van der Waals surface area contributed by atoms with Crippen LogP contribution in [0.4, 0.5) is 0 Å². The van der Waals surface area contributed by atoms with E-state index in [1.54, 1.807) is 5.34 Å². The predicted octanol–water partition coefficient (Wildman–Crippen LogP) is -0.458. The second kappa shape index (κ2) is 11.0. The van der Waals surface area contributed by atoms with Crippen molar-refractivity contribution in [3.63, 3.8) is 0 Å². The molecule has 1 N–H and O–H groups in total. The summed E-state index contributed by atoms with van der Waals surface area (Å²) in [6, 6.07) is 0. The Labute approximate surface area is 67.2 Å². The van der Waals surface area contributed by atoms with Gasteiger partial charge in [-0.2, -0.15) is 0 Å². The van der Waals surface area contributed by atoms with Gasteiger partial charge in [-0.1, -0.05) is 0 Å². The van der Waals surface area contributed by atoms with E-state index in [9.17, 15) is 0 Å². The highest BCUT2D eigenvalue weighted by Crippen LogP contribution is 1.89. The predicted molar refractivity (Wildman–Crippen MR) is 19.3 cm³/mol. The zero-order valence-electron chi connectivity index (χ0n) is 5.39. The molecule has 0 bridgehead atoms. The topological polar surface area (TPSA) is 142 Å². The molecule has 0 aliphatic carbocycles. The van der Waals surface area contributed by atoms with Gasteiger partial charge in [0.2, 0.25) is 0 Å². The monoisotopic (exact) mass is 207 g/mol. The molecule has 0 unspecified atom stereocenters. The number of hydrogen-bond donors (Lipinski definition) is 1. The summed E-state index contributed by atoms with van der Waals surface area (Å²) in [4.78, 5) is 12.3. The molecular formula is HNO12. The van der Waals surface area contributed by atoms with E-state index in [-0.39, 0.29) is 0 Å². The Bertz CT molecular complexity index is 99.3. The molecule has 0 amide bonds. The van der Waals surface area contributed by atoms with Gasteiger partial charge in [0.25, 0.3) is 0 Å². The van der Waals surface area contributed by atoms with Gasteiger partial charge in [-0.25, -0.2) is 5.26 Å². The van der Waals surface area contributed by atoms with Crippen molar-refractivity contribution in [1.82, 2.24) is 0 Å². The molecule has 0 spiro atoms. The maximum absolute atomic E-state index is 9.11. The first-order valence-electron chi connectivity index (χ1n) is 2.05. The summed E-state index contributed by atoms with van der Waals surface area (Å²) < 4.78 is 0. The highest BCUT2D eigenvalue weighted by Gasteiger charge is 1.95. The molecule has 0 aliphatic rings. The molecule has 0 aliphatic heterocycles. The van der Waals surface area contributed by atoms with Gasteiger partial charge in [-0.15, -0.1) is 9.90 Å². The van der Waals surface area contributed by atoms with Crippen LogP contribution in [-0.4, -0.2) is 5.26 Å². The molecule has 0 fully saturated rings. The molecule has 13 nitrogen and oxygen atoms in total. The van der Waals surface area contributed by atoms with Crippen molar-refractivity contribution in [3.05, 3.63) is 4.91 Å². The number of hydrogen-bond acceptors (Lipinski definition) is 13. The molecular weight excluding hydrogens is 206 g/mol. The maximum atomic E-state index is 9.11. The van der Waals surface area contributed by atoms with Gasteiger partial charge in [0, 0.05) is 25.2 Å². The molecule has 0 saturated carbocycles. The van der Waals surface area contributed by atoms with Crippen LogP contribution in [0.3, 0.4) is 0 Å². The average molecular weight is 207 g/mol. The van der Waals surface area contributed by atoms with Crippen molar-refractivity contribution in [2.75, 3.05) is 0 Å². The zero-order chi connectivity index (χ0) is 9.78. The van der Waals surface area contributed by atoms with Crippen molar-refractivity contribution < 1.29 is 55.6 Å². The van der Waals surface area contributed by atoms with E-state index in [1.165, 1.54) is 0 Å². The largest absolute Gasteiger partial charge is 0.219 e. The van der Waals surface area contributed by atoms with Crippen molar-refractivity contribution in [2.24, 2.45) is 5.34 Å². The third-order valence-corrected chi connectivity index (χ3v) is 0.286. The fraction of sp³-hybridized carbons (Fsp3) is 0. The molecule has 0 aromatic rings. The first kappa shape index (κ1) is 12.0. The van der Waals surface area contributed by atoms with E-state index >= 15 is 0 Å². The Morgan fingerprint density at radius 1 is 0.769 bits per heavy atom. The van der Waals surface area contributed by atoms with E-state index in [4.69, 9.17) is 10.2 Å². The van der Waals surface area contributed by atoms with Crippen molar-refractivity contribution in [3.8, 4) is 0 Å². The van der Waals surface area contributed by atoms with Crippen LogP contribution < -0.4 is 0 Å². The van der Waals surface area contributed by atoms with Gasteiger partial charge in [0.1, 0.15) is 0 Å². The molecule has 0 atom stereocenters. The van der Waals surface area contributed by atoms with Crippen molar-refractivity contribution in [2.45, 2.75) is 0 Å². The maximum Gasteiger partial charge on any atom is 0.193 e. The van der Waals surface area contributed by atoms with Gasteiger partial charge in [0.05, 0.1) is 0 Å². The van der Waals surface area contributed by atoms with Crippen LogP contribution in [0.1, 0.15) is 0 Å². The molecule has 0 aromatic carbocycles. The van der Waals surface area contributed by atoms with Crippen molar-refractivity contribution in [1.29, 1.82) is 0 Å². The van der Waals surface area contributed by atoms with Gasteiger partial charge in [-0.3, -0.25) is 0 Å². The van der Waals surface area contributed by atoms with Crippen LogP contribution in [0.25, 0.3) is 0 Å². The quantitative estimate of drug-likeness (QED) is 0.214. The Morgan fingerprint density at radius 3 is 1.69 bits per heavy atom. The second-order valence-electron chi connectivity index (χ2n) is 0.768. The lowest BCUT2D eigenvalue weighted by atomic mass is 13.4. The number of nitrogens with zero attached hydrogens (tertiary/aromatic N) is 1. The summed E-state index contributed by atoms with van der Waals surface area (Å²) in [5.41, 5.74) is 0. The minimum absolute atomic E-state index is 1.70. The molecule has 13 heteroatoms. The lowest BCUT2D eigenvalue weighted by molar-refractivity contribution is -0.854. The highest BCUT2D eigenvalue weighted by atomic mass is 17.9. The molecule has 0 saturated heterocycles. The Kier molecular flexibility index (Phi) is 10.2. The van der Waals surface area contributed by atoms with E-state index in [2.05, 4.69) is 50.3 Å². The van der Waals surface area contributed by atoms with Crippen LogP contribution >= 0.6 is 0 Å². The molecule has 0 heterocycles. The Morgan fingerprint density at radius 2 is 1.23 bits per heavy atom.